The van der Waals surface area contributed by atoms with Gasteiger partial charge in [0.1, 0.15) is 11.9 Å². The molecule has 1 aliphatic heterocycles. The Kier molecular flexibility index (Phi) is 5.67. The molecule has 0 aromatic heterocycles. The first-order chi connectivity index (χ1) is 9.24. The number of hydrogen-bond donors (Lipinski definition) is 1. The molecule has 1 unspecified atom stereocenters. The largest absolute Gasteiger partial charge is 0.488 e. The van der Waals surface area contributed by atoms with Crippen LogP contribution in [-0.4, -0.2) is 25.9 Å². The van der Waals surface area contributed by atoms with Gasteiger partial charge in [0.15, 0.2) is 0 Å². The fourth-order valence-corrected chi connectivity index (χ4v) is 2.19. The summed E-state index contributed by atoms with van der Waals surface area (Å²) in [5.41, 5.74) is 1.30. The van der Waals surface area contributed by atoms with Crippen molar-refractivity contribution in [3.63, 3.8) is 0 Å². The van der Waals surface area contributed by atoms with Crippen LogP contribution >= 0.6 is 0 Å². The lowest BCUT2D eigenvalue weighted by atomic mass is 10.1. The third-order valence-electron chi connectivity index (χ3n) is 3.23. The van der Waals surface area contributed by atoms with Crippen LogP contribution in [0.3, 0.4) is 0 Å². The van der Waals surface area contributed by atoms with E-state index in [1.54, 1.807) is 0 Å². The van der Waals surface area contributed by atoms with E-state index in [1.165, 1.54) is 5.56 Å². The van der Waals surface area contributed by atoms with E-state index in [1.807, 2.05) is 0 Å². The zero-order valence-electron chi connectivity index (χ0n) is 12.0. The highest BCUT2D eigenvalue weighted by Gasteiger charge is 2.15. The first-order valence-corrected chi connectivity index (χ1v) is 7.28. The minimum Gasteiger partial charge on any atom is -0.488 e. The van der Waals surface area contributed by atoms with Crippen LogP contribution in [0.5, 0.6) is 5.75 Å². The molecule has 1 atom stereocenters. The molecule has 0 saturated carbocycles. The molecule has 1 fully saturated rings. The maximum atomic E-state index is 5.91. The molecule has 0 amide bonds. The van der Waals surface area contributed by atoms with Crippen LogP contribution in [0.15, 0.2) is 24.3 Å². The van der Waals surface area contributed by atoms with Gasteiger partial charge in [0, 0.05) is 13.2 Å². The molecule has 3 nitrogen and oxygen atoms in total. The number of ether oxygens (including phenoxy) is 2. The number of rotatable bonds is 6. The molecular formula is C16H25NO2. The lowest BCUT2D eigenvalue weighted by Crippen LogP contribution is -2.27. The van der Waals surface area contributed by atoms with Crippen LogP contribution in [0.4, 0.5) is 0 Å². The molecule has 1 saturated heterocycles. The van der Waals surface area contributed by atoms with Crippen LogP contribution in [-0.2, 0) is 11.3 Å². The van der Waals surface area contributed by atoms with Crippen molar-refractivity contribution in [1.29, 1.82) is 0 Å². The molecule has 1 heterocycles. The van der Waals surface area contributed by atoms with Gasteiger partial charge in [-0.25, -0.2) is 0 Å². The van der Waals surface area contributed by atoms with Crippen LogP contribution in [0.2, 0.25) is 0 Å². The lowest BCUT2D eigenvalue weighted by molar-refractivity contribution is 0.00742. The molecule has 0 aliphatic carbocycles. The summed E-state index contributed by atoms with van der Waals surface area (Å²) in [5.74, 6) is 1.64. The molecule has 1 N–H and O–H groups in total. The molecule has 2 rings (SSSR count). The van der Waals surface area contributed by atoms with Gasteiger partial charge in [0.2, 0.25) is 0 Å². The first kappa shape index (κ1) is 14.4. The van der Waals surface area contributed by atoms with E-state index in [-0.39, 0.29) is 6.10 Å². The standard InChI is InChI=1S/C16H25NO2/c1-13(2)10-17-11-14-5-7-15(8-6-14)19-16-4-3-9-18-12-16/h5-8,13,16-17H,3-4,9-12H2,1-2H3. The van der Waals surface area contributed by atoms with Crippen LogP contribution in [0.25, 0.3) is 0 Å². The lowest BCUT2D eigenvalue weighted by Gasteiger charge is -2.23. The van der Waals surface area contributed by atoms with Crippen molar-refractivity contribution in [3.8, 4) is 5.75 Å². The van der Waals surface area contributed by atoms with E-state index in [2.05, 4.69) is 43.4 Å². The van der Waals surface area contributed by atoms with Gasteiger partial charge in [-0.3, -0.25) is 0 Å². The topological polar surface area (TPSA) is 30.5 Å². The zero-order chi connectivity index (χ0) is 13.5. The Bertz CT molecular complexity index is 356. The molecule has 3 heteroatoms. The smallest absolute Gasteiger partial charge is 0.122 e. The molecule has 0 radical (unpaired) electrons. The third kappa shape index (κ3) is 5.21. The van der Waals surface area contributed by atoms with Gasteiger partial charge in [-0.15, -0.1) is 0 Å². The predicted octanol–water partition coefficient (Wildman–Crippen LogP) is 2.99. The fourth-order valence-electron chi connectivity index (χ4n) is 2.19. The van der Waals surface area contributed by atoms with Crippen molar-refractivity contribution in [2.24, 2.45) is 5.92 Å². The average molecular weight is 263 g/mol. The second-order valence-electron chi connectivity index (χ2n) is 5.63. The van der Waals surface area contributed by atoms with Gasteiger partial charge in [-0.2, -0.15) is 0 Å². The van der Waals surface area contributed by atoms with Crippen LogP contribution < -0.4 is 10.1 Å². The van der Waals surface area contributed by atoms with Gasteiger partial charge < -0.3 is 14.8 Å². The summed E-state index contributed by atoms with van der Waals surface area (Å²) in [6.45, 7) is 8.01. The second kappa shape index (κ2) is 7.51. The Morgan fingerprint density at radius 2 is 2.11 bits per heavy atom. The molecule has 0 bridgehead atoms. The molecule has 1 aromatic rings. The van der Waals surface area contributed by atoms with Crippen LogP contribution in [0, 0.1) is 5.92 Å². The molecular weight excluding hydrogens is 238 g/mol. The summed E-state index contributed by atoms with van der Waals surface area (Å²) < 4.78 is 11.3. The molecule has 19 heavy (non-hydrogen) atoms. The van der Waals surface area contributed by atoms with Crippen LogP contribution in [0.1, 0.15) is 32.3 Å². The van der Waals surface area contributed by atoms with E-state index in [4.69, 9.17) is 9.47 Å². The van der Waals surface area contributed by atoms with Gasteiger partial charge in [0.05, 0.1) is 6.61 Å². The Hall–Kier alpha value is -1.06. The normalized spacial score (nSPS) is 19.6. The molecule has 0 spiro atoms. The maximum absolute atomic E-state index is 5.91. The zero-order valence-corrected chi connectivity index (χ0v) is 12.0. The minimum atomic E-state index is 0.221. The van der Waals surface area contributed by atoms with Crippen molar-refractivity contribution >= 4 is 0 Å². The maximum Gasteiger partial charge on any atom is 0.122 e. The summed E-state index contributed by atoms with van der Waals surface area (Å²) in [6, 6.07) is 8.38. The predicted molar refractivity (Wildman–Crippen MR) is 77.5 cm³/mol. The van der Waals surface area contributed by atoms with Gasteiger partial charge >= 0.3 is 0 Å². The molecule has 106 valence electrons. The van der Waals surface area contributed by atoms with E-state index < -0.39 is 0 Å². The number of nitrogens with one attached hydrogen (secondary N) is 1. The van der Waals surface area contributed by atoms with Crippen molar-refractivity contribution in [2.45, 2.75) is 39.3 Å². The SMILES string of the molecule is CC(C)CNCc1ccc(OC2CCCOC2)cc1. The fraction of sp³-hybridized carbons (Fsp3) is 0.625. The monoisotopic (exact) mass is 263 g/mol. The van der Waals surface area contributed by atoms with E-state index in [0.29, 0.717) is 5.92 Å². The van der Waals surface area contributed by atoms with Gasteiger partial charge in [0.25, 0.3) is 0 Å². The Balaban J connectivity index is 1.77. The van der Waals surface area contributed by atoms with Crippen molar-refractivity contribution < 1.29 is 9.47 Å². The van der Waals surface area contributed by atoms with Gasteiger partial charge in [-0.1, -0.05) is 26.0 Å². The summed E-state index contributed by atoms with van der Waals surface area (Å²) in [6.07, 6.45) is 2.42. The summed E-state index contributed by atoms with van der Waals surface area (Å²) >= 11 is 0. The van der Waals surface area contributed by atoms with Gasteiger partial charge in [-0.05, 0) is 43.0 Å². The summed E-state index contributed by atoms with van der Waals surface area (Å²) in [4.78, 5) is 0. The Morgan fingerprint density at radius 1 is 1.32 bits per heavy atom. The third-order valence-corrected chi connectivity index (χ3v) is 3.23. The van der Waals surface area contributed by atoms with Crippen molar-refractivity contribution in [1.82, 2.24) is 5.32 Å². The highest BCUT2D eigenvalue weighted by molar-refractivity contribution is 5.27. The first-order valence-electron chi connectivity index (χ1n) is 7.28. The number of benzene rings is 1. The second-order valence-corrected chi connectivity index (χ2v) is 5.63. The van der Waals surface area contributed by atoms with E-state index >= 15 is 0 Å². The Labute approximate surface area is 116 Å². The van der Waals surface area contributed by atoms with E-state index in [0.717, 1.165) is 44.9 Å². The van der Waals surface area contributed by atoms with Crippen molar-refractivity contribution in [3.05, 3.63) is 29.8 Å². The highest BCUT2D eigenvalue weighted by Crippen LogP contribution is 2.17. The number of hydrogen-bond acceptors (Lipinski definition) is 3. The Morgan fingerprint density at radius 3 is 2.74 bits per heavy atom. The quantitative estimate of drug-likeness (QED) is 0.856. The summed E-state index contributed by atoms with van der Waals surface area (Å²) in [5, 5.41) is 3.44. The molecule has 1 aliphatic rings. The summed E-state index contributed by atoms with van der Waals surface area (Å²) in [7, 11) is 0. The van der Waals surface area contributed by atoms with Crippen molar-refractivity contribution in [2.75, 3.05) is 19.8 Å². The van der Waals surface area contributed by atoms with E-state index in [9.17, 15) is 0 Å². The molecule has 1 aromatic carbocycles. The average Bonchev–Trinajstić information content (AvgIpc) is 2.42. The minimum absolute atomic E-state index is 0.221. The highest BCUT2D eigenvalue weighted by atomic mass is 16.5.